The number of hydrogen-bond donors (Lipinski definition) is 0. The van der Waals surface area contributed by atoms with Crippen molar-refractivity contribution in [3.05, 3.63) is 70.3 Å². The molecule has 5 nitrogen and oxygen atoms in total. The van der Waals surface area contributed by atoms with Crippen molar-refractivity contribution in [2.24, 2.45) is 0 Å². The Kier molecular flexibility index (Phi) is 6.93. The van der Waals surface area contributed by atoms with E-state index in [2.05, 4.69) is 0 Å². The predicted octanol–water partition coefficient (Wildman–Crippen LogP) is 4.87. The third kappa shape index (κ3) is 5.04. The van der Waals surface area contributed by atoms with Crippen LogP contribution in [0.2, 0.25) is 0 Å². The lowest BCUT2D eigenvalue weighted by atomic mass is 10.2. The molecule has 0 amide bonds. The standard InChI is InChI=1S/C21H25NO4S2/c1-3-12-26-21-9-8-20(15-17(21)2)28(23,24)22(16-18-6-4-13-25-18)11-10-19-7-5-14-27-19/h4-9,13-15H,3,10-12,16H2,1-2H3. The lowest BCUT2D eigenvalue weighted by Gasteiger charge is -2.22. The summed E-state index contributed by atoms with van der Waals surface area (Å²) in [4.78, 5) is 1.42. The molecule has 0 N–H and O–H groups in total. The van der Waals surface area contributed by atoms with E-state index in [1.807, 2.05) is 31.4 Å². The highest BCUT2D eigenvalue weighted by Crippen LogP contribution is 2.26. The van der Waals surface area contributed by atoms with Crippen molar-refractivity contribution in [1.82, 2.24) is 4.31 Å². The highest BCUT2D eigenvalue weighted by molar-refractivity contribution is 7.89. The Balaban J connectivity index is 1.84. The number of benzene rings is 1. The van der Waals surface area contributed by atoms with Gasteiger partial charge in [0.2, 0.25) is 10.0 Å². The molecular formula is C21H25NO4S2. The smallest absolute Gasteiger partial charge is 0.243 e. The van der Waals surface area contributed by atoms with Gasteiger partial charge in [-0.05, 0) is 67.1 Å². The van der Waals surface area contributed by atoms with Gasteiger partial charge in [-0.2, -0.15) is 4.31 Å². The maximum absolute atomic E-state index is 13.3. The van der Waals surface area contributed by atoms with Gasteiger partial charge in [0, 0.05) is 11.4 Å². The quantitative estimate of drug-likeness (QED) is 0.470. The molecule has 28 heavy (non-hydrogen) atoms. The Labute approximate surface area is 170 Å². The molecule has 0 saturated carbocycles. The van der Waals surface area contributed by atoms with Crippen LogP contribution in [0, 0.1) is 6.92 Å². The number of furan rings is 1. The van der Waals surface area contributed by atoms with Crippen LogP contribution in [0.1, 0.15) is 29.5 Å². The van der Waals surface area contributed by atoms with E-state index in [1.165, 1.54) is 4.31 Å². The topological polar surface area (TPSA) is 59.8 Å². The Bertz CT molecular complexity index is 964. The third-order valence-electron chi connectivity index (χ3n) is 4.35. The molecule has 0 aliphatic carbocycles. The zero-order chi connectivity index (χ0) is 20.0. The fourth-order valence-corrected chi connectivity index (χ4v) is 5.05. The largest absolute Gasteiger partial charge is 0.493 e. The molecule has 150 valence electrons. The van der Waals surface area contributed by atoms with Crippen molar-refractivity contribution < 1.29 is 17.6 Å². The van der Waals surface area contributed by atoms with Gasteiger partial charge in [-0.15, -0.1) is 11.3 Å². The molecular weight excluding hydrogens is 394 g/mol. The first-order valence-electron chi connectivity index (χ1n) is 9.29. The van der Waals surface area contributed by atoms with Gasteiger partial charge in [-0.3, -0.25) is 0 Å². The first kappa shape index (κ1) is 20.6. The van der Waals surface area contributed by atoms with E-state index in [0.717, 1.165) is 22.6 Å². The highest BCUT2D eigenvalue weighted by atomic mass is 32.2. The normalized spacial score (nSPS) is 11.8. The van der Waals surface area contributed by atoms with Crippen LogP contribution in [0.3, 0.4) is 0 Å². The molecule has 0 unspecified atom stereocenters. The Morgan fingerprint density at radius 3 is 2.68 bits per heavy atom. The number of sulfonamides is 1. The number of ether oxygens (including phenoxy) is 1. The number of thiophene rings is 1. The van der Waals surface area contributed by atoms with Crippen LogP contribution in [0.15, 0.2) is 63.4 Å². The predicted molar refractivity (Wildman–Crippen MR) is 111 cm³/mol. The fourth-order valence-electron chi connectivity index (χ4n) is 2.86. The van der Waals surface area contributed by atoms with Crippen molar-refractivity contribution in [3.63, 3.8) is 0 Å². The molecule has 0 spiro atoms. The summed E-state index contributed by atoms with van der Waals surface area (Å²) in [5.41, 5.74) is 0.811. The first-order valence-corrected chi connectivity index (χ1v) is 11.6. The van der Waals surface area contributed by atoms with Gasteiger partial charge in [0.1, 0.15) is 11.5 Å². The van der Waals surface area contributed by atoms with Crippen LogP contribution >= 0.6 is 11.3 Å². The van der Waals surface area contributed by atoms with E-state index in [-0.39, 0.29) is 11.4 Å². The van der Waals surface area contributed by atoms with Crippen molar-refractivity contribution in [1.29, 1.82) is 0 Å². The van der Waals surface area contributed by atoms with Gasteiger partial charge in [-0.25, -0.2) is 8.42 Å². The molecule has 3 aromatic rings. The fraction of sp³-hybridized carbons (Fsp3) is 0.333. The van der Waals surface area contributed by atoms with E-state index in [0.29, 0.717) is 25.3 Å². The maximum Gasteiger partial charge on any atom is 0.243 e. The van der Waals surface area contributed by atoms with Crippen LogP contribution in [-0.4, -0.2) is 25.9 Å². The van der Waals surface area contributed by atoms with Gasteiger partial charge in [0.15, 0.2) is 0 Å². The first-order chi connectivity index (χ1) is 13.5. The summed E-state index contributed by atoms with van der Waals surface area (Å²) in [6, 6.07) is 12.6. The van der Waals surface area contributed by atoms with E-state index >= 15 is 0 Å². The second kappa shape index (κ2) is 9.41. The molecule has 0 aliphatic heterocycles. The summed E-state index contributed by atoms with van der Waals surface area (Å²) < 4.78 is 39.2. The molecule has 0 atom stereocenters. The average Bonchev–Trinajstić information content (AvgIpc) is 3.37. The highest BCUT2D eigenvalue weighted by Gasteiger charge is 2.26. The van der Waals surface area contributed by atoms with Gasteiger partial charge < -0.3 is 9.15 Å². The minimum absolute atomic E-state index is 0.202. The number of nitrogens with zero attached hydrogens (tertiary/aromatic N) is 1. The van der Waals surface area contributed by atoms with Crippen molar-refractivity contribution in [3.8, 4) is 5.75 Å². The minimum atomic E-state index is -3.67. The lowest BCUT2D eigenvalue weighted by Crippen LogP contribution is -2.32. The van der Waals surface area contributed by atoms with Gasteiger partial charge in [0.05, 0.1) is 24.3 Å². The molecule has 3 rings (SSSR count). The second-order valence-corrected chi connectivity index (χ2v) is 9.49. The molecule has 0 saturated heterocycles. The summed E-state index contributed by atoms with van der Waals surface area (Å²) >= 11 is 1.63. The Morgan fingerprint density at radius 2 is 2.04 bits per heavy atom. The van der Waals surface area contributed by atoms with Crippen LogP contribution in [0.4, 0.5) is 0 Å². The van der Waals surface area contributed by atoms with E-state index in [9.17, 15) is 8.42 Å². The number of hydrogen-bond acceptors (Lipinski definition) is 5. The van der Waals surface area contributed by atoms with Gasteiger partial charge in [-0.1, -0.05) is 13.0 Å². The molecule has 0 aliphatic rings. The number of aryl methyl sites for hydroxylation is 1. The van der Waals surface area contributed by atoms with Crippen molar-refractivity contribution in [2.45, 2.75) is 38.1 Å². The number of rotatable bonds is 10. The molecule has 2 aromatic heterocycles. The van der Waals surface area contributed by atoms with Crippen LogP contribution in [-0.2, 0) is 23.0 Å². The Morgan fingerprint density at radius 1 is 1.18 bits per heavy atom. The second-order valence-electron chi connectivity index (χ2n) is 6.52. The zero-order valence-electron chi connectivity index (χ0n) is 16.1. The SMILES string of the molecule is CCCOc1ccc(S(=O)(=O)N(CCc2cccs2)Cc2ccco2)cc1C. The summed E-state index contributed by atoms with van der Waals surface area (Å²) in [6.45, 7) is 5.10. The zero-order valence-corrected chi connectivity index (χ0v) is 17.8. The summed E-state index contributed by atoms with van der Waals surface area (Å²) in [5.74, 6) is 1.34. The maximum atomic E-state index is 13.3. The van der Waals surface area contributed by atoms with E-state index in [1.54, 1.807) is 47.9 Å². The monoisotopic (exact) mass is 419 g/mol. The molecule has 2 heterocycles. The van der Waals surface area contributed by atoms with Crippen LogP contribution < -0.4 is 4.74 Å². The molecule has 0 bridgehead atoms. The lowest BCUT2D eigenvalue weighted by molar-refractivity contribution is 0.315. The molecule has 1 aromatic carbocycles. The Hall–Kier alpha value is -2.09. The van der Waals surface area contributed by atoms with E-state index < -0.39 is 10.0 Å². The van der Waals surface area contributed by atoms with Crippen LogP contribution in [0.25, 0.3) is 0 Å². The van der Waals surface area contributed by atoms with Gasteiger partial charge >= 0.3 is 0 Å². The van der Waals surface area contributed by atoms with E-state index in [4.69, 9.17) is 9.15 Å². The third-order valence-corrected chi connectivity index (χ3v) is 7.12. The summed E-state index contributed by atoms with van der Waals surface area (Å²) in [5, 5.41) is 2.00. The molecule has 0 fully saturated rings. The van der Waals surface area contributed by atoms with Crippen LogP contribution in [0.5, 0.6) is 5.75 Å². The van der Waals surface area contributed by atoms with Gasteiger partial charge in [0.25, 0.3) is 0 Å². The summed E-state index contributed by atoms with van der Waals surface area (Å²) in [7, 11) is -3.67. The summed E-state index contributed by atoms with van der Waals surface area (Å²) in [6.07, 6.45) is 3.12. The molecule has 7 heteroatoms. The van der Waals surface area contributed by atoms with Crippen molar-refractivity contribution in [2.75, 3.05) is 13.2 Å². The van der Waals surface area contributed by atoms with Crippen molar-refractivity contribution >= 4 is 21.4 Å². The minimum Gasteiger partial charge on any atom is -0.493 e. The average molecular weight is 420 g/mol. The molecule has 0 radical (unpaired) electrons.